The maximum atomic E-state index is 12.9. The van der Waals surface area contributed by atoms with Gasteiger partial charge in [-0.15, -0.1) is 0 Å². The first-order valence-electron chi connectivity index (χ1n) is 6.54. The third-order valence-electron chi connectivity index (χ3n) is 3.20. The molecule has 0 aromatic rings. The fraction of sp³-hybridized carbons (Fsp3) is 0.786. The first-order chi connectivity index (χ1) is 7.96. The Bertz CT molecular complexity index is 255. The third-order valence-corrected chi connectivity index (χ3v) is 3.20. The lowest BCUT2D eigenvalue weighted by atomic mass is 9.93. The van der Waals surface area contributed by atoms with Gasteiger partial charge >= 0.3 is 0 Å². The molecule has 2 unspecified atom stereocenters. The minimum Gasteiger partial charge on any atom is -0.512 e. The first kappa shape index (κ1) is 16.1. The molecule has 0 radical (unpaired) electrons. The van der Waals surface area contributed by atoms with Crippen molar-refractivity contribution in [1.29, 1.82) is 0 Å². The molecule has 17 heavy (non-hydrogen) atoms. The van der Waals surface area contributed by atoms with E-state index in [-0.39, 0.29) is 29.8 Å². The van der Waals surface area contributed by atoms with Crippen LogP contribution in [-0.2, 0) is 4.79 Å². The number of carbonyl (C=O) groups excluding carboxylic acids is 1. The zero-order valence-electron chi connectivity index (χ0n) is 11.4. The second-order valence-electron chi connectivity index (χ2n) is 4.61. The van der Waals surface area contributed by atoms with Crippen molar-refractivity contribution in [3.05, 3.63) is 11.8 Å². The van der Waals surface area contributed by atoms with E-state index in [1.54, 1.807) is 0 Å². The number of alkyl halides is 1. The minimum absolute atomic E-state index is 0.0301. The van der Waals surface area contributed by atoms with Crippen molar-refractivity contribution < 1.29 is 14.3 Å². The van der Waals surface area contributed by atoms with Gasteiger partial charge in [-0.25, -0.2) is 4.39 Å². The van der Waals surface area contributed by atoms with Crippen LogP contribution < -0.4 is 0 Å². The van der Waals surface area contributed by atoms with Gasteiger partial charge in [0.1, 0.15) is 0 Å². The van der Waals surface area contributed by atoms with E-state index >= 15 is 0 Å². The van der Waals surface area contributed by atoms with Gasteiger partial charge in [0.25, 0.3) is 0 Å². The summed E-state index contributed by atoms with van der Waals surface area (Å²) < 4.78 is 12.9. The Morgan fingerprint density at radius 3 is 2.00 bits per heavy atom. The first-order valence-corrected chi connectivity index (χ1v) is 6.54. The van der Waals surface area contributed by atoms with Crippen LogP contribution in [0.4, 0.5) is 4.39 Å². The second kappa shape index (κ2) is 8.26. The number of hydrogen-bond donors (Lipinski definition) is 1. The number of rotatable bonds is 8. The zero-order chi connectivity index (χ0) is 13.4. The van der Waals surface area contributed by atoms with Crippen LogP contribution in [0.25, 0.3) is 0 Å². The Morgan fingerprint density at radius 2 is 1.65 bits per heavy atom. The lowest BCUT2D eigenvalue weighted by molar-refractivity contribution is -0.118. The normalized spacial score (nSPS) is 16.0. The van der Waals surface area contributed by atoms with Gasteiger partial charge in [0, 0.05) is 17.9 Å². The maximum Gasteiger partial charge on any atom is 0.162 e. The summed E-state index contributed by atoms with van der Waals surface area (Å²) in [5, 5.41) is 9.84. The molecule has 0 rings (SSSR count). The molecule has 0 aliphatic rings. The van der Waals surface area contributed by atoms with E-state index in [4.69, 9.17) is 0 Å². The van der Waals surface area contributed by atoms with Crippen molar-refractivity contribution in [2.24, 2.45) is 11.8 Å². The quantitative estimate of drug-likeness (QED) is 0.513. The predicted octanol–water partition coefficient (Wildman–Crippen LogP) is 4.21. The smallest absolute Gasteiger partial charge is 0.162 e. The van der Waals surface area contributed by atoms with E-state index in [0.717, 1.165) is 12.8 Å². The highest BCUT2D eigenvalue weighted by atomic mass is 19.1. The number of carbonyl (C=O) groups is 1. The predicted molar refractivity (Wildman–Crippen MR) is 68.8 cm³/mol. The molecule has 3 heteroatoms. The van der Waals surface area contributed by atoms with E-state index in [0.29, 0.717) is 6.42 Å². The highest BCUT2D eigenvalue weighted by Crippen LogP contribution is 2.21. The molecule has 0 aromatic carbocycles. The van der Waals surface area contributed by atoms with Crippen molar-refractivity contribution in [2.45, 2.75) is 59.5 Å². The number of halogens is 1. The lowest BCUT2D eigenvalue weighted by Gasteiger charge is -2.15. The van der Waals surface area contributed by atoms with Crippen LogP contribution in [0.2, 0.25) is 0 Å². The fourth-order valence-electron chi connectivity index (χ4n) is 1.96. The topological polar surface area (TPSA) is 37.3 Å². The molecule has 0 aliphatic heterocycles. The van der Waals surface area contributed by atoms with Gasteiger partial charge in [-0.05, 0) is 32.6 Å². The summed E-state index contributed by atoms with van der Waals surface area (Å²) in [6.07, 6.45) is 2.81. The Kier molecular flexibility index (Phi) is 7.85. The van der Waals surface area contributed by atoms with E-state index in [1.165, 1.54) is 13.0 Å². The Balaban J connectivity index is 4.63. The van der Waals surface area contributed by atoms with Gasteiger partial charge < -0.3 is 5.11 Å². The molecule has 0 aliphatic carbocycles. The van der Waals surface area contributed by atoms with Gasteiger partial charge in [0.05, 0.1) is 11.9 Å². The summed E-state index contributed by atoms with van der Waals surface area (Å²) in [7, 11) is 0. The highest BCUT2D eigenvalue weighted by molar-refractivity contribution is 5.92. The summed E-state index contributed by atoms with van der Waals surface area (Å²) >= 11 is 0. The summed E-state index contributed by atoms with van der Waals surface area (Å²) in [6, 6.07) is 0. The van der Waals surface area contributed by atoms with E-state index in [1.807, 2.05) is 20.8 Å². The number of allylic oxidation sites excluding steroid dienone is 2. The molecule has 0 amide bonds. The molecular weight excluding hydrogens is 219 g/mol. The van der Waals surface area contributed by atoms with Crippen LogP contribution in [0.1, 0.15) is 53.4 Å². The number of aliphatic hydroxyl groups is 1. The average molecular weight is 244 g/mol. The summed E-state index contributed by atoms with van der Waals surface area (Å²) in [5.41, 5.74) is 0. The SMILES string of the molecule is CCC(CC)C(=O)C=C(O)C(CC)CC(C)F. The third kappa shape index (κ3) is 5.85. The minimum atomic E-state index is -0.959. The molecule has 0 heterocycles. The highest BCUT2D eigenvalue weighted by Gasteiger charge is 2.18. The van der Waals surface area contributed by atoms with Crippen LogP contribution in [-0.4, -0.2) is 17.1 Å². The molecule has 1 N–H and O–H groups in total. The number of hydrogen-bond acceptors (Lipinski definition) is 2. The van der Waals surface area contributed by atoms with Crippen LogP contribution in [0, 0.1) is 11.8 Å². The van der Waals surface area contributed by atoms with Gasteiger partial charge in [-0.2, -0.15) is 0 Å². The van der Waals surface area contributed by atoms with E-state index in [9.17, 15) is 14.3 Å². The Morgan fingerprint density at radius 1 is 1.18 bits per heavy atom. The molecule has 0 spiro atoms. The van der Waals surface area contributed by atoms with Crippen LogP contribution in [0.5, 0.6) is 0 Å². The van der Waals surface area contributed by atoms with Crippen molar-refractivity contribution in [3.8, 4) is 0 Å². The van der Waals surface area contributed by atoms with Gasteiger partial charge in [-0.1, -0.05) is 20.8 Å². The molecule has 2 atom stereocenters. The van der Waals surface area contributed by atoms with Crippen molar-refractivity contribution in [1.82, 2.24) is 0 Å². The molecule has 0 bridgehead atoms. The average Bonchev–Trinajstić information content (AvgIpc) is 2.26. The Labute approximate surface area is 104 Å². The molecule has 100 valence electrons. The zero-order valence-corrected chi connectivity index (χ0v) is 11.4. The van der Waals surface area contributed by atoms with Crippen LogP contribution in [0.15, 0.2) is 11.8 Å². The van der Waals surface area contributed by atoms with Crippen molar-refractivity contribution in [3.63, 3.8) is 0 Å². The second-order valence-corrected chi connectivity index (χ2v) is 4.61. The number of aliphatic hydroxyl groups excluding tert-OH is 1. The molecular formula is C14H25FO2. The fourth-order valence-corrected chi connectivity index (χ4v) is 1.96. The molecule has 0 saturated heterocycles. The standard InChI is InChI=1S/C14H25FO2/c1-5-11(6-2)13(16)9-14(17)12(7-3)8-10(4)15/h9-12,17H,5-8H2,1-4H3. The van der Waals surface area contributed by atoms with Crippen LogP contribution in [0.3, 0.4) is 0 Å². The Hall–Kier alpha value is -0.860. The largest absolute Gasteiger partial charge is 0.512 e. The molecule has 0 saturated carbocycles. The number of ketones is 1. The summed E-state index contributed by atoms with van der Waals surface area (Å²) in [5.74, 6) is -0.280. The summed E-state index contributed by atoms with van der Waals surface area (Å²) in [6.45, 7) is 7.27. The van der Waals surface area contributed by atoms with Gasteiger partial charge in [0.15, 0.2) is 5.78 Å². The molecule has 0 aromatic heterocycles. The molecule has 0 fully saturated rings. The van der Waals surface area contributed by atoms with Crippen molar-refractivity contribution >= 4 is 5.78 Å². The maximum absolute atomic E-state index is 12.9. The van der Waals surface area contributed by atoms with Crippen molar-refractivity contribution in [2.75, 3.05) is 0 Å². The van der Waals surface area contributed by atoms with Gasteiger partial charge in [0.2, 0.25) is 0 Å². The monoisotopic (exact) mass is 244 g/mol. The lowest BCUT2D eigenvalue weighted by Crippen LogP contribution is -2.14. The van der Waals surface area contributed by atoms with E-state index < -0.39 is 6.17 Å². The van der Waals surface area contributed by atoms with Gasteiger partial charge in [-0.3, -0.25) is 4.79 Å². The molecule has 2 nitrogen and oxygen atoms in total. The van der Waals surface area contributed by atoms with E-state index in [2.05, 4.69) is 0 Å². The van der Waals surface area contributed by atoms with Crippen LogP contribution >= 0.6 is 0 Å². The summed E-state index contributed by atoms with van der Waals surface area (Å²) in [4.78, 5) is 11.8.